The minimum Gasteiger partial charge on any atom is -0.495 e. The van der Waals surface area contributed by atoms with Gasteiger partial charge in [-0.3, -0.25) is 14.6 Å². The van der Waals surface area contributed by atoms with Crippen molar-refractivity contribution in [2.75, 3.05) is 25.5 Å². The van der Waals surface area contributed by atoms with Crippen LogP contribution >= 0.6 is 0 Å². The molecule has 3 aromatic rings. The molecule has 2 aromatic heterocycles. The minimum absolute atomic E-state index is 0.0327. The lowest BCUT2D eigenvalue weighted by atomic mass is 9.95. The number of amides is 2. The number of hydrogen-bond donors (Lipinski definition) is 1. The molecular weight excluding hydrogens is 392 g/mol. The number of methoxy groups -OCH3 is 1. The molecule has 1 fully saturated rings. The Balaban J connectivity index is 1.39. The summed E-state index contributed by atoms with van der Waals surface area (Å²) in [4.78, 5) is 31.9. The van der Waals surface area contributed by atoms with Crippen LogP contribution in [-0.4, -0.2) is 46.5 Å². The first-order valence-corrected chi connectivity index (χ1v) is 10.4. The van der Waals surface area contributed by atoms with Crippen LogP contribution in [-0.2, 0) is 4.79 Å². The topological polar surface area (TPSA) is 76.5 Å². The number of carbonyl (C=O) groups is 2. The quantitative estimate of drug-likeness (QED) is 0.686. The Morgan fingerprint density at radius 2 is 1.94 bits per heavy atom. The van der Waals surface area contributed by atoms with E-state index in [2.05, 4.69) is 10.3 Å². The number of likely N-dealkylation sites (tertiary alicyclic amines) is 1. The number of benzene rings is 1. The summed E-state index contributed by atoms with van der Waals surface area (Å²) >= 11 is 0. The smallest absolute Gasteiger partial charge is 0.270 e. The van der Waals surface area contributed by atoms with Crippen LogP contribution in [0.25, 0.3) is 5.69 Å². The van der Waals surface area contributed by atoms with Crippen LogP contribution < -0.4 is 10.1 Å². The van der Waals surface area contributed by atoms with E-state index in [-0.39, 0.29) is 17.7 Å². The van der Waals surface area contributed by atoms with Crippen LogP contribution in [0, 0.1) is 12.8 Å². The van der Waals surface area contributed by atoms with Crippen LogP contribution in [0.4, 0.5) is 5.69 Å². The summed E-state index contributed by atoms with van der Waals surface area (Å²) in [6.07, 6.45) is 6.54. The van der Waals surface area contributed by atoms with Crippen molar-refractivity contribution in [3.05, 3.63) is 72.3 Å². The van der Waals surface area contributed by atoms with E-state index in [1.807, 2.05) is 65.1 Å². The first-order chi connectivity index (χ1) is 15.1. The second-order valence-corrected chi connectivity index (χ2v) is 7.73. The first kappa shape index (κ1) is 20.7. The molecule has 2 amide bonds. The Morgan fingerprint density at radius 1 is 1.13 bits per heavy atom. The number of pyridine rings is 1. The minimum atomic E-state index is -0.139. The number of aromatic nitrogens is 2. The van der Waals surface area contributed by atoms with E-state index in [1.54, 1.807) is 19.5 Å². The normalized spacial score (nSPS) is 14.3. The fourth-order valence-electron chi connectivity index (χ4n) is 3.94. The van der Waals surface area contributed by atoms with Crippen molar-refractivity contribution in [1.29, 1.82) is 0 Å². The number of rotatable bonds is 5. The number of nitrogens with zero attached hydrogens (tertiary/aromatic N) is 3. The predicted octanol–water partition coefficient (Wildman–Crippen LogP) is 3.68. The SMILES string of the molecule is COc1ccc(C)cc1NC(=O)C1CCN(C(=O)c2cccn2-c2cccnc2)CC1. The molecular formula is C24H26N4O3. The van der Waals surface area contributed by atoms with Crippen molar-refractivity contribution < 1.29 is 14.3 Å². The number of piperidine rings is 1. The molecule has 1 aromatic carbocycles. The fraction of sp³-hybridized carbons (Fsp3) is 0.292. The van der Waals surface area contributed by atoms with Gasteiger partial charge in [-0.1, -0.05) is 6.07 Å². The van der Waals surface area contributed by atoms with Gasteiger partial charge in [-0.25, -0.2) is 0 Å². The zero-order chi connectivity index (χ0) is 21.8. The Bertz CT molecular complexity index is 1070. The van der Waals surface area contributed by atoms with E-state index in [1.165, 1.54) is 0 Å². The van der Waals surface area contributed by atoms with Gasteiger partial charge in [-0.05, 0) is 61.7 Å². The maximum atomic E-state index is 13.1. The van der Waals surface area contributed by atoms with Gasteiger partial charge in [0.15, 0.2) is 0 Å². The van der Waals surface area contributed by atoms with Crippen molar-refractivity contribution in [2.24, 2.45) is 5.92 Å². The third-order valence-electron chi connectivity index (χ3n) is 5.66. The van der Waals surface area contributed by atoms with Gasteiger partial charge in [0.2, 0.25) is 5.91 Å². The highest BCUT2D eigenvalue weighted by Gasteiger charge is 2.29. The molecule has 1 aliphatic rings. The van der Waals surface area contributed by atoms with Gasteiger partial charge in [0.25, 0.3) is 5.91 Å². The van der Waals surface area contributed by atoms with Crippen LogP contribution in [0.1, 0.15) is 28.9 Å². The van der Waals surface area contributed by atoms with E-state index in [4.69, 9.17) is 4.74 Å². The van der Waals surface area contributed by atoms with Crippen LogP contribution in [0.2, 0.25) is 0 Å². The Labute approximate surface area is 181 Å². The Kier molecular flexibility index (Phi) is 6.02. The molecule has 0 aliphatic carbocycles. The largest absolute Gasteiger partial charge is 0.495 e. The van der Waals surface area contributed by atoms with Gasteiger partial charge in [-0.2, -0.15) is 0 Å². The molecule has 0 radical (unpaired) electrons. The van der Waals surface area contributed by atoms with E-state index in [9.17, 15) is 9.59 Å². The van der Waals surface area contributed by atoms with E-state index >= 15 is 0 Å². The molecule has 31 heavy (non-hydrogen) atoms. The summed E-state index contributed by atoms with van der Waals surface area (Å²) in [5.74, 6) is 0.435. The van der Waals surface area contributed by atoms with E-state index in [0.29, 0.717) is 43.1 Å². The molecule has 160 valence electrons. The lowest BCUT2D eigenvalue weighted by Crippen LogP contribution is -2.42. The summed E-state index contributed by atoms with van der Waals surface area (Å²) in [5, 5.41) is 3.00. The van der Waals surface area contributed by atoms with Crippen molar-refractivity contribution in [3.8, 4) is 11.4 Å². The Morgan fingerprint density at radius 3 is 2.65 bits per heavy atom. The molecule has 1 aliphatic heterocycles. The van der Waals surface area contributed by atoms with E-state index < -0.39 is 0 Å². The second-order valence-electron chi connectivity index (χ2n) is 7.73. The molecule has 7 nitrogen and oxygen atoms in total. The van der Waals surface area contributed by atoms with E-state index in [0.717, 1.165) is 11.3 Å². The van der Waals surface area contributed by atoms with Crippen LogP contribution in [0.3, 0.4) is 0 Å². The fourth-order valence-corrected chi connectivity index (χ4v) is 3.94. The van der Waals surface area contributed by atoms with Gasteiger partial charge in [0.05, 0.1) is 24.7 Å². The molecule has 7 heteroatoms. The van der Waals surface area contributed by atoms with Crippen LogP contribution in [0.15, 0.2) is 61.1 Å². The molecule has 0 atom stereocenters. The summed E-state index contributed by atoms with van der Waals surface area (Å²) in [7, 11) is 1.59. The lowest BCUT2D eigenvalue weighted by molar-refractivity contribution is -0.121. The number of carbonyl (C=O) groups excluding carboxylic acids is 2. The zero-order valence-corrected chi connectivity index (χ0v) is 17.7. The predicted molar refractivity (Wildman–Crippen MR) is 119 cm³/mol. The third kappa shape index (κ3) is 4.45. The van der Waals surface area contributed by atoms with Gasteiger partial charge in [0, 0.05) is 31.4 Å². The zero-order valence-electron chi connectivity index (χ0n) is 17.7. The number of ether oxygens (including phenoxy) is 1. The van der Waals surface area contributed by atoms with Gasteiger partial charge in [-0.15, -0.1) is 0 Å². The molecule has 1 N–H and O–H groups in total. The molecule has 3 heterocycles. The monoisotopic (exact) mass is 418 g/mol. The lowest BCUT2D eigenvalue weighted by Gasteiger charge is -2.31. The molecule has 0 bridgehead atoms. The van der Waals surface area contributed by atoms with Crippen molar-refractivity contribution in [1.82, 2.24) is 14.5 Å². The van der Waals surface area contributed by atoms with Crippen molar-refractivity contribution in [3.63, 3.8) is 0 Å². The van der Waals surface area contributed by atoms with Gasteiger partial charge in [0.1, 0.15) is 11.4 Å². The first-order valence-electron chi connectivity index (χ1n) is 10.4. The maximum absolute atomic E-state index is 13.1. The highest BCUT2D eigenvalue weighted by Crippen LogP contribution is 2.27. The third-order valence-corrected chi connectivity index (χ3v) is 5.66. The molecule has 4 rings (SSSR count). The maximum Gasteiger partial charge on any atom is 0.270 e. The number of nitrogens with one attached hydrogen (secondary N) is 1. The molecule has 1 saturated heterocycles. The summed E-state index contributed by atoms with van der Waals surface area (Å²) < 4.78 is 7.20. The highest BCUT2D eigenvalue weighted by atomic mass is 16.5. The number of hydrogen-bond acceptors (Lipinski definition) is 4. The molecule has 0 spiro atoms. The standard InChI is InChI=1S/C24H26N4O3/c1-17-7-8-22(31-2)20(15-17)26-23(29)18-9-13-27(14-10-18)24(30)21-6-4-12-28(21)19-5-3-11-25-16-19/h3-8,11-12,15-16,18H,9-10,13-14H2,1-2H3,(H,26,29). The summed E-state index contributed by atoms with van der Waals surface area (Å²) in [6.45, 7) is 3.06. The Hall–Kier alpha value is -3.61. The van der Waals surface area contributed by atoms with Crippen LogP contribution in [0.5, 0.6) is 5.75 Å². The van der Waals surface area contributed by atoms with Gasteiger partial charge < -0.3 is 19.5 Å². The summed E-state index contributed by atoms with van der Waals surface area (Å²) in [6, 6.07) is 13.1. The average molecular weight is 418 g/mol. The average Bonchev–Trinajstić information content (AvgIpc) is 3.29. The summed E-state index contributed by atoms with van der Waals surface area (Å²) in [5.41, 5.74) is 3.17. The molecule has 0 unspecified atom stereocenters. The number of aryl methyl sites for hydroxylation is 1. The second kappa shape index (κ2) is 9.04. The highest BCUT2D eigenvalue weighted by molar-refractivity contribution is 5.95. The van der Waals surface area contributed by atoms with Crippen molar-refractivity contribution >= 4 is 17.5 Å². The molecule has 0 saturated carbocycles. The van der Waals surface area contributed by atoms with Crippen molar-refractivity contribution in [2.45, 2.75) is 19.8 Å². The van der Waals surface area contributed by atoms with Gasteiger partial charge >= 0.3 is 0 Å². The number of anilines is 1.